The molecule has 0 aromatic heterocycles. The van der Waals surface area contributed by atoms with Gasteiger partial charge in [0.05, 0.1) is 50.7 Å². The first-order valence-electron chi connectivity index (χ1n) is 9.66. The van der Waals surface area contributed by atoms with E-state index >= 15 is 0 Å². The predicted molar refractivity (Wildman–Crippen MR) is 113 cm³/mol. The van der Waals surface area contributed by atoms with Crippen LogP contribution in [0.5, 0.6) is 17.2 Å². The van der Waals surface area contributed by atoms with Crippen LogP contribution in [0.4, 0.5) is 11.4 Å². The molecule has 1 amide bonds. The molecule has 31 heavy (non-hydrogen) atoms. The van der Waals surface area contributed by atoms with Crippen molar-refractivity contribution in [1.29, 1.82) is 0 Å². The fraction of sp³-hybridized carbons (Fsp3) is 0.381. The Morgan fingerprint density at radius 2 is 1.71 bits per heavy atom. The fourth-order valence-corrected chi connectivity index (χ4v) is 3.40. The number of morpholine rings is 1. The molecule has 0 saturated carbocycles. The van der Waals surface area contributed by atoms with Crippen LogP contribution in [0, 0.1) is 10.1 Å². The largest absolute Gasteiger partial charge is 0.496 e. The summed E-state index contributed by atoms with van der Waals surface area (Å²) in [4.78, 5) is 25.8. The smallest absolute Gasteiger partial charge is 0.270 e. The highest BCUT2D eigenvalue weighted by Crippen LogP contribution is 2.34. The molecule has 10 nitrogen and oxygen atoms in total. The summed E-state index contributed by atoms with van der Waals surface area (Å²) in [7, 11) is 4.56. The number of benzene rings is 2. The quantitative estimate of drug-likeness (QED) is 0.501. The Balaban J connectivity index is 1.87. The molecule has 0 radical (unpaired) electrons. The van der Waals surface area contributed by atoms with E-state index in [0.717, 1.165) is 0 Å². The van der Waals surface area contributed by atoms with E-state index in [-0.39, 0.29) is 17.8 Å². The van der Waals surface area contributed by atoms with Gasteiger partial charge in [0, 0.05) is 43.4 Å². The molecule has 2 aromatic rings. The third-order valence-electron chi connectivity index (χ3n) is 5.01. The molecule has 1 aliphatic heterocycles. The molecular weight excluding hydrogens is 406 g/mol. The molecule has 0 spiro atoms. The summed E-state index contributed by atoms with van der Waals surface area (Å²) >= 11 is 0. The van der Waals surface area contributed by atoms with Crippen LogP contribution < -0.4 is 24.4 Å². The maximum atomic E-state index is 13.0. The van der Waals surface area contributed by atoms with E-state index < -0.39 is 10.8 Å². The van der Waals surface area contributed by atoms with Crippen molar-refractivity contribution in [2.24, 2.45) is 0 Å². The minimum absolute atomic E-state index is 0.133. The van der Waals surface area contributed by atoms with Gasteiger partial charge in [0.1, 0.15) is 5.75 Å². The summed E-state index contributed by atoms with van der Waals surface area (Å²) in [5.74, 6) is 1.09. The number of amides is 1. The molecule has 1 heterocycles. The lowest BCUT2D eigenvalue weighted by molar-refractivity contribution is -0.384. The molecule has 1 fully saturated rings. The average Bonchev–Trinajstić information content (AvgIpc) is 2.81. The second kappa shape index (κ2) is 9.98. The Morgan fingerprint density at radius 1 is 1.06 bits per heavy atom. The Morgan fingerprint density at radius 3 is 2.32 bits per heavy atom. The number of anilines is 1. The lowest BCUT2D eigenvalue weighted by atomic mass is 10.1. The number of hydrogen-bond donors (Lipinski definition) is 1. The van der Waals surface area contributed by atoms with Gasteiger partial charge in [-0.3, -0.25) is 14.9 Å². The van der Waals surface area contributed by atoms with E-state index in [0.29, 0.717) is 54.8 Å². The van der Waals surface area contributed by atoms with E-state index in [2.05, 4.69) is 5.32 Å². The van der Waals surface area contributed by atoms with Crippen LogP contribution in [0.3, 0.4) is 0 Å². The second-order valence-electron chi connectivity index (χ2n) is 6.76. The lowest BCUT2D eigenvalue weighted by Gasteiger charge is -2.30. The molecule has 1 saturated heterocycles. The van der Waals surface area contributed by atoms with Gasteiger partial charge < -0.3 is 29.2 Å². The third kappa shape index (κ3) is 4.97. The van der Waals surface area contributed by atoms with E-state index in [9.17, 15) is 14.9 Å². The molecular formula is C21H25N3O7. The van der Waals surface area contributed by atoms with Crippen LogP contribution in [-0.4, -0.2) is 58.5 Å². The van der Waals surface area contributed by atoms with Crippen LogP contribution in [0.15, 0.2) is 30.3 Å². The maximum absolute atomic E-state index is 13.0. The summed E-state index contributed by atoms with van der Waals surface area (Å²) in [5.41, 5.74) is 1.39. The normalized spacial score (nSPS) is 13.5. The second-order valence-corrected chi connectivity index (χ2v) is 6.76. The molecule has 1 N–H and O–H groups in total. The highest BCUT2D eigenvalue weighted by atomic mass is 16.6. The maximum Gasteiger partial charge on any atom is 0.270 e. The van der Waals surface area contributed by atoms with Gasteiger partial charge in [-0.05, 0) is 12.1 Å². The van der Waals surface area contributed by atoms with Crippen molar-refractivity contribution in [1.82, 2.24) is 5.32 Å². The molecule has 0 unspecified atom stereocenters. The number of hydrogen-bond acceptors (Lipinski definition) is 8. The van der Waals surface area contributed by atoms with E-state index in [1.165, 1.54) is 33.5 Å². The summed E-state index contributed by atoms with van der Waals surface area (Å²) in [6, 6.07) is 7.70. The number of ether oxygens (including phenoxy) is 4. The topological polar surface area (TPSA) is 112 Å². The van der Waals surface area contributed by atoms with Gasteiger partial charge in [-0.25, -0.2) is 0 Å². The number of nitro groups is 1. The third-order valence-corrected chi connectivity index (χ3v) is 5.01. The van der Waals surface area contributed by atoms with Crippen LogP contribution in [0.1, 0.15) is 15.9 Å². The Kier molecular flexibility index (Phi) is 7.14. The molecule has 1 aliphatic rings. The fourth-order valence-electron chi connectivity index (χ4n) is 3.40. The number of carbonyl (C=O) groups is 1. The molecule has 0 bridgehead atoms. The average molecular weight is 431 g/mol. The van der Waals surface area contributed by atoms with Gasteiger partial charge in [-0.1, -0.05) is 0 Å². The van der Waals surface area contributed by atoms with Crippen molar-refractivity contribution in [2.75, 3.05) is 52.5 Å². The molecule has 0 atom stereocenters. The zero-order valence-corrected chi connectivity index (χ0v) is 17.7. The SMILES string of the molecule is COc1cc(OC)c(OC)cc1CNC(=O)c1cc([N+](=O)[O-])ccc1N1CCOCC1. The van der Waals surface area contributed by atoms with Crippen molar-refractivity contribution in [3.63, 3.8) is 0 Å². The predicted octanol–water partition coefficient (Wildman–Crippen LogP) is 2.39. The Hall–Kier alpha value is -3.53. The molecule has 166 valence electrons. The lowest BCUT2D eigenvalue weighted by Crippen LogP contribution is -2.38. The van der Waals surface area contributed by atoms with Crippen molar-refractivity contribution in [3.05, 3.63) is 51.6 Å². The number of nitrogens with one attached hydrogen (secondary N) is 1. The van der Waals surface area contributed by atoms with Crippen LogP contribution in [0.25, 0.3) is 0 Å². The van der Waals surface area contributed by atoms with Crippen LogP contribution in [-0.2, 0) is 11.3 Å². The number of nitrogens with zero attached hydrogens (tertiary/aromatic N) is 2. The molecule has 2 aromatic carbocycles. The molecule has 10 heteroatoms. The highest BCUT2D eigenvalue weighted by molar-refractivity contribution is 6.00. The van der Waals surface area contributed by atoms with Gasteiger partial charge >= 0.3 is 0 Å². The number of nitro benzene ring substituents is 1. The standard InChI is InChI=1S/C21H25N3O7/c1-28-18-12-20(30-3)19(29-2)10-14(18)13-22-21(25)16-11-15(24(26)27)4-5-17(16)23-6-8-31-9-7-23/h4-5,10-12H,6-9,13H2,1-3H3,(H,22,25). The van der Waals surface area contributed by atoms with Gasteiger partial charge in [-0.2, -0.15) is 0 Å². The molecule has 3 rings (SSSR count). The first-order chi connectivity index (χ1) is 15.0. The summed E-state index contributed by atoms with van der Waals surface area (Å²) in [6.45, 7) is 2.39. The Labute approximate surface area is 179 Å². The first kappa shape index (κ1) is 22.2. The molecule has 0 aliphatic carbocycles. The van der Waals surface area contributed by atoms with Crippen molar-refractivity contribution in [2.45, 2.75) is 6.54 Å². The van der Waals surface area contributed by atoms with Crippen LogP contribution >= 0.6 is 0 Å². The van der Waals surface area contributed by atoms with Crippen LogP contribution in [0.2, 0.25) is 0 Å². The number of carbonyl (C=O) groups excluding carboxylic acids is 1. The number of non-ortho nitro benzene ring substituents is 1. The zero-order valence-electron chi connectivity index (χ0n) is 17.7. The van der Waals surface area contributed by atoms with E-state index in [1.807, 2.05) is 4.90 Å². The van der Waals surface area contributed by atoms with Crippen molar-refractivity contribution < 1.29 is 28.7 Å². The van der Waals surface area contributed by atoms with E-state index in [1.54, 1.807) is 18.2 Å². The Bertz CT molecular complexity index is 958. The monoisotopic (exact) mass is 431 g/mol. The summed E-state index contributed by atoms with van der Waals surface area (Å²) in [6.07, 6.45) is 0. The first-order valence-corrected chi connectivity index (χ1v) is 9.66. The highest BCUT2D eigenvalue weighted by Gasteiger charge is 2.22. The summed E-state index contributed by atoms with van der Waals surface area (Å²) in [5, 5.41) is 14.1. The van der Waals surface area contributed by atoms with Gasteiger partial charge in [-0.15, -0.1) is 0 Å². The number of methoxy groups -OCH3 is 3. The van der Waals surface area contributed by atoms with E-state index in [4.69, 9.17) is 18.9 Å². The van der Waals surface area contributed by atoms with Crippen molar-refractivity contribution >= 4 is 17.3 Å². The minimum Gasteiger partial charge on any atom is -0.496 e. The zero-order chi connectivity index (χ0) is 22.4. The minimum atomic E-state index is -0.517. The van der Waals surface area contributed by atoms with Gasteiger partial charge in [0.25, 0.3) is 11.6 Å². The number of rotatable bonds is 8. The summed E-state index contributed by atoms with van der Waals surface area (Å²) < 4.78 is 21.4. The van der Waals surface area contributed by atoms with Gasteiger partial charge in [0.2, 0.25) is 0 Å². The van der Waals surface area contributed by atoms with Crippen molar-refractivity contribution in [3.8, 4) is 17.2 Å². The van der Waals surface area contributed by atoms with Gasteiger partial charge in [0.15, 0.2) is 11.5 Å².